The quantitative estimate of drug-likeness (QED) is 0.513. The van der Waals surface area contributed by atoms with Crippen LogP contribution in [0.2, 0.25) is 0 Å². The molecule has 0 unspecified atom stereocenters. The summed E-state index contributed by atoms with van der Waals surface area (Å²) in [6.45, 7) is 6.01. The molecule has 0 aliphatic heterocycles. The van der Waals surface area contributed by atoms with Gasteiger partial charge in [0, 0.05) is 23.6 Å². The first-order valence-electron chi connectivity index (χ1n) is 10.0. The van der Waals surface area contributed by atoms with Crippen molar-refractivity contribution in [3.8, 4) is 0 Å². The highest BCUT2D eigenvalue weighted by atomic mass is 19.1. The van der Waals surface area contributed by atoms with Crippen molar-refractivity contribution in [3.05, 3.63) is 82.8 Å². The number of fused-ring (bicyclic) bond motifs is 1. The zero-order valence-electron chi connectivity index (χ0n) is 17.6. The van der Waals surface area contributed by atoms with Gasteiger partial charge >= 0.3 is 0 Å². The predicted octanol–water partition coefficient (Wildman–Crippen LogP) is 5.91. The van der Waals surface area contributed by atoms with Crippen molar-refractivity contribution in [1.29, 1.82) is 0 Å². The van der Waals surface area contributed by atoms with E-state index in [2.05, 4.69) is 29.7 Å². The van der Waals surface area contributed by atoms with E-state index in [-0.39, 0.29) is 16.9 Å². The first-order valence-corrected chi connectivity index (χ1v) is 10.0. The van der Waals surface area contributed by atoms with E-state index < -0.39 is 17.5 Å². The maximum Gasteiger partial charge on any atom is 0.291 e. The fourth-order valence-electron chi connectivity index (χ4n) is 3.84. The van der Waals surface area contributed by atoms with Crippen LogP contribution in [-0.4, -0.2) is 11.6 Å². The molecule has 0 fully saturated rings. The van der Waals surface area contributed by atoms with Crippen molar-refractivity contribution >= 4 is 23.0 Å². The number of anilines is 2. The van der Waals surface area contributed by atoms with E-state index in [0.717, 1.165) is 29.1 Å². The second kappa shape index (κ2) is 7.98. The molecule has 160 valence electrons. The highest BCUT2D eigenvalue weighted by molar-refractivity contribution is 6.09. The van der Waals surface area contributed by atoms with Crippen LogP contribution >= 0.6 is 0 Å². The van der Waals surface area contributed by atoms with Gasteiger partial charge in [-0.15, -0.1) is 0 Å². The van der Waals surface area contributed by atoms with Crippen molar-refractivity contribution < 1.29 is 18.0 Å². The Kier molecular flexibility index (Phi) is 5.35. The van der Waals surface area contributed by atoms with Crippen LogP contribution < -0.4 is 10.7 Å². The number of para-hydroxylation sites is 1. The average molecular weight is 423 g/mol. The normalized spacial score (nSPS) is 16.1. The van der Waals surface area contributed by atoms with Gasteiger partial charge in [-0.3, -0.25) is 10.2 Å². The summed E-state index contributed by atoms with van der Waals surface area (Å²) in [5.74, 6) is -1.39. The SMILES string of the molecule is Cc1c(C(=O)Nc2ccc(F)cc2F)oc2c1/C(=N\Nc1ccccc1)CC(C)(C)C2. The van der Waals surface area contributed by atoms with Gasteiger partial charge in [-0.2, -0.15) is 5.10 Å². The van der Waals surface area contributed by atoms with Gasteiger partial charge in [0.2, 0.25) is 0 Å². The van der Waals surface area contributed by atoms with Crippen LogP contribution in [0.1, 0.15) is 47.7 Å². The Morgan fingerprint density at radius 2 is 1.84 bits per heavy atom. The lowest BCUT2D eigenvalue weighted by Crippen LogP contribution is -2.27. The molecule has 0 bridgehead atoms. The molecule has 0 spiro atoms. The van der Waals surface area contributed by atoms with E-state index in [0.29, 0.717) is 24.2 Å². The number of benzene rings is 2. The molecule has 0 saturated heterocycles. The molecule has 1 amide bonds. The van der Waals surface area contributed by atoms with Crippen molar-refractivity contribution in [2.24, 2.45) is 10.5 Å². The highest BCUT2D eigenvalue weighted by Crippen LogP contribution is 2.39. The van der Waals surface area contributed by atoms with Crippen LogP contribution in [0.5, 0.6) is 0 Å². The third-order valence-corrected chi connectivity index (χ3v) is 5.27. The minimum absolute atomic E-state index is 0.0961. The molecule has 3 aromatic rings. The largest absolute Gasteiger partial charge is 0.455 e. The summed E-state index contributed by atoms with van der Waals surface area (Å²) in [4.78, 5) is 12.8. The summed E-state index contributed by atoms with van der Waals surface area (Å²) in [7, 11) is 0. The number of nitrogens with zero attached hydrogens (tertiary/aromatic N) is 1. The van der Waals surface area contributed by atoms with Crippen LogP contribution in [0.15, 0.2) is 58.0 Å². The number of amides is 1. The first kappa shape index (κ1) is 20.8. The van der Waals surface area contributed by atoms with E-state index >= 15 is 0 Å². The van der Waals surface area contributed by atoms with Crippen molar-refractivity contribution in [1.82, 2.24) is 0 Å². The standard InChI is InChI=1S/C24H23F2N3O2/c1-14-21-19(29-28-16-7-5-4-6-8-16)12-24(2,3)13-20(21)31-22(14)23(30)27-18-10-9-15(25)11-17(18)26/h4-11,28H,12-13H2,1-3H3,(H,27,30)/b29-19-. The molecule has 0 atom stereocenters. The van der Waals surface area contributed by atoms with Crippen molar-refractivity contribution in [2.75, 3.05) is 10.7 Å². The predicted molar refractivity (Wildman–Crippen MR) is 116 cm³/mol. The monoisotopic (exact) mass is 423 g/mol. The molecule has 1 aliphatic rings. The van der Waals surface area contributed by atoms with Gasteiger partial charge in [0.25, 0.3) is 5.91 Å². The number of furan rings is 1. The number of nitrogens with one attached hydrogen (secondary N) is 2. The van der Waals surface area contributed by atoms with Crippen LogP contribution in [0.25, 0.3) is 0 Å². The topological polar surface area (TPSA) is 66.6 Å². The summed E-state index contributed by atoms with van der Waals surface area (Å²) in [6.07, 6.45) is 1.35. The van der Waals surface area contributed by atoms with Gasteiger partial charge in [0.05, 0.1) is 17.1 Å². The number of hydrazone groups is 1. The molecule has 4 rings (SSSR count). The van der Waals surface area contributed by atoms with E-state index in [4.69, 9.17) is 4.42 Å². The fraction of sp³-hybridized carbons (Fsp3) is 0.250. The maximum atomic E-state index is 14.0. The molecule has 1 aliphatic carbocycles. The van der Waals surface area contributed by atoms with E-state index in [9.17, 15) is 13.6 Å². The second-order valence-electron chi connectivity index (χ2n) is 8.49. The second-order valence-corrected chi connectivity index (χ2v) is 8.49. The number of carbonyl (C=O) groups excluding carboxylic acids is 1. The van der Waals surface area contributed by atoms with Gasteiger partial charge in [0.15, 0.2) is 5.76 Å². The van der Waals surface area contributed by atoms with E-state index in [1.165, 1.54) is 6.07 Å². The first-order chi connectivity index (χ1) is 14.7. The van der Waals surface area contributed by atoms with Crippen LogP contribution in [-0.2, 0) is 6.42 Å². The van der Waals surface area contributed by atoms with Crippen LogP contribution in [0.4, 0.5) is 20.2 Å². The van der Waals surface area contributed by atoms with Crippen molar-refractivity contribution in [3.63, 3.8) is 0 Å². The van der Waals surface area contributed by atoms with Crippen LogP contribution in [0, 0.1) is 24.0 Å². The van der Waals surface area contributed by atoms with E-state index in [1.54, 1.807) is 6.92 Å². The molecule has 5 nitrogen and oxygen atoms in total. The Morgan fingerprint density at radius 3 is 2.55 bits per heavy atom. The zero-order valence-corrected chi connectivity index (χ0v) is 17.6. The molecular formula is C24H23F2N3O2. The summed E-state index contributed by atoms with van der Waals surface area (Å²) in [5.41, 5.74) is 5.94. The summed E-state index contributed by atoms with van der Waals surface area (Å²) in [6, 6.07) is 12.6. The zero-order chi connectivity index (χ0) is 22.2. The maximum absolute atomic E-state index is 14.0. The Hall–Kier alpha value is -3.48. The fourth-order valence-corrected chi connectivity index (χ4v) is 3.84. The molecule has 31 heavy (non-hydrogen) atoms. The number of hydrogen-bond acceptors (Lipinski definition) is 4. The summed E-state index contributed by atoms with van der Waals surface area (Å²) >= 11 is 0. The van der Waals surface area contributed by atoms with Gasteiger partial charge < -0.3 is 9.73 Å². The number of hydrogen-bond donors (Lipinski definition) is 2. The number of rotatable bonds is 4. The Bertz CT molecular complexity index is 1170. The smallest absolute Gasteiger partial charge is 0.291 e. The van der Waals surface area contributed by atoms with E-state index in [1.807, 2.05) is 30.3 Å². The molecule has 2 N–H and O–H groups in total. The Balaban J connectivity index is 1.67. The molecule has 0 saturated carbocycles. The Labute approximate surface area is 179 Å². The minimum Gasteiger partial charge on any atom is -0.455 e. The molecule has 0 radical (unpaired) electrons. The lowest BCUT2D eigenvalue weighted by atomic mass is 9.75. The molecule has 2 aromatic carbocycles. The summed E-state index contributed by atoms with van der Waals surface area (Å²) in [5, 5.41) is 7.07. The van der Waals surface area contributed by atoms with Gasteiger partial charge in [0.1, 0.15) is 17.4 Å². The average Bonchev–Trinajstić information content (AvgIpc) is 3.04. The minimum atomic E-state index is -0.849. The van der Waals surface area contributed by atoms with Crippen LogP contribution in [0.3, 0.4) is 0 Å². The summed E-state index contributed by atoms with van der Waals surface area (Å²) < 4.78 is 33.0. The molecular weight excluding hydrogens is 400 g/mol. The lowest BCUT2D eigenvalue weighted by molar-refractivity contribution is 0.0992. The van der Waals surface area contributed by atoms with Crippen molar-refractivity contribution in [2.45, 2.75) is 33.6 Å². The van der Waals surface area contributed by atoms with Gasteiger partial charge in [-0.25, -0.2) is 8.78 Å². The third-order valence-electron chi connectivity index (χ3n) is 5.27. The number of carbonyl (C=O) groups is 1. The molecule has 1 heterocycles. The number of halogens is 2. The third kappa shape index (κ3) is 4.35. The lowest BCUT2D eigenvalue weighted by Gasteiger charge is -2.29. The van der Waals surface area contributed by atoms with Gasteiger partial charge in [-0.1, -0.05) is 32.0 Å². The molecule has 1 aromatic heterocycles. The highest BCUT2D eigenvalue weighted by Gasteiger charge is 2.36. The Morgan fingerprint density at radius 1 is 1.10 bits per heavy atom. The molecule has 7 heteroatoms. The van der Waals surface area contributed by atoms with Gasteiger partial charge in [-0.05, 0) is 43.0 Å².